The molecule has 3 N–H and O–H groups in total. The lowest BCUT2D eigenvalue weighted by Gasteiger charge is -2.36. The van der Waals surface area contributed by atoms with Gasteiger partial charge in [-0.25, -0.2) is 0 Å². The van der Waals surface area contributed by atoms with Crippen LogP contribution in [-0.4, -0.2) is 41.2 Å². The number of hydrogen-bond acceptors (Lipinski definition) is 5. The van der Waals surface area contributed by atoms with Gasteiger partial charge in [-0.05, 0) is 23.8 Å². The topological polar surface area (TPSA) is 65.6 Å². The van der Waals surface area contributed by atoms with E-state index < -0.39 is 0 Å². The van der Waals surface area contributed by atoms with Crippen LogP contribution < -0.4 is 10.6 Å². The van der Waals surface area contributed by atoms with Crippen LogP contribution in [0, 0.1) is 0 Å². The Labute approximate surface area is 124 Å². The Balaban J connectivity index is 1.59. The minimum Gasteiger partial charge on any atom is -0.508 e. The summed E-state index contributed by atoms with van der Waals surface area (Å²) in [5.41, 5.74) is 8.93. The number of anilines is 2. The van der Waals surface area contributed by atoms with Crippen LogP contribution in [0.4, 0.5) is 11.4 Å². The fourth-order valence-corrected chi connectivity index (χ4v) is 2.75. The summed E-state index contributed by atoms with van der Waals surface area (Å²) in [6.07, 6.45) is 3.49. The molecule has 2 heterocycles. The van der Waals surface area contributed by atoms with Crippen molar-refractivity contribution in [2.45, 2.75) is 6.54 Å². The molecule has 0 unspecified atom stereocenters. The molecule has 5 nitrogen and oxygen atoms in total. The van der Waals surface area contributed by atoms with Gasteiger partial charge in [0.15, 0.2) is 0 Å². The SMILES string of the molecule is Nc1cnccc1N1CCN(Cc2cccc(O)c2)CC1. The van der Waals surface area contributed by atoms with Crippen LogP contribution >= 0.6 is 0 Å². The van der Waals surface area contributed by atoms with Gasteiger partial charge in [0.2, 0.25) is 0 Å². The quantitative estimate of drug-likeness (QED) is 0.898. The first-order valence-corrected chi connectivity index (χ1v) is 7.17. The Kier molecular flexibility index (Phi) is 3.92. The first-order chi connectivity index (χ1) is 10.2. The maximum absolute atomic E-state index is 9.52. The lowest BCUT2D eigenvalue weighted by Crippen LogP contribution is -2.46. The van der Waals surface area contributed by atoms with Crippen molar-refractivity contribution in [1.29, 1.82) is 0 Å². The highest BCUT2D eigenvalue weighted by atomic mass is 16.3. The molecule has 0 amide bonds. The Morgan fingerprint density at radius 1 is 1.14 bits per heavy atom. The lowest BCUT2D eigenvalue weighted by molar-refractivity contribution is 0.249. The van der Waals surface area contributed by atoms with E-state index in [1.165, 1.54) is 0 Å². The van der Waals surface area contributed by atoms with Crippen molar-refractivity contribution in [3.63, 3.8) is 0 Å². The van der Waals surface area contributed by atoms with Crippen LogP contribution in [0.2, 0.25) is 0 Å². The number of nitrogen functional groups attached to an aromatic ring is 1. The molecule has 1 fully saturated rings. The zero-order chi connectivity index (χ0) is 14.7. The molecule has 0 spiro atoms. The second-order valence-corrected chi connectivity index (χ2v) is 5.37. The van der Waals surface area contributed by atoms with Gasteiger partial charge < -0.3 is 15.7 Å². The molecule has 0 bridgehead atoms. The molecule has 0 saturated carbocycles. The summed E-state index contributed by atoms with van der Waals surface area (Å²) in [7, 11) is 0. The molecule has 1 aliphatic rings. The molecule has 21 heavy (non-hydrogen) atoms. The van der Waals surface area contributed by atoms with Gasteiger partial charge in [-0.2, -0.15) is 0 Å². The third kappa shape index (κ3) is 3.25. The molecule has 0 atom stereocenters. The van der Waals surface area contributed by atoms with Gasteiger partial charge in [-0.1, -0.05) is 12.1 Å². The van der Waals surface area contributed by atoms with Gasteiger partial charge in [-0.3, -0.25) is 9.88 Å². The normalized spacial score (nSPS) is 16.1. The first kappa shape index (κ1) is 13.7. The number of phenols is 1. The summed E-state index contributed by atoms with van der Waals surface area (Å²) in [5, 5.41) is 9.52. The van der Waals surface area contributed by atoms with Crippen molar-refractivity contribution >= 4 is 11.4 Å². The number of piperazine rings is 1. The fourth-order valence-electron chi connectivity index (χ4n) is 2.75. The zero-order valence-corrected chi connectivity index (χ0v) is 11.9. The van der Waals surface area contributed by atoms with Gasteiger partial charge in [0, 0.05) is 38.9 Å². The maximum Gasteiger partial charge on any atom is 0.115 e. The van der Waals surface area contributed by atoms with Crippen molar-refractivity contribution in [1.82, 2.24) is 9.88 Å². The average molecular weight is 284 g/mol. The maximum atomic E-state index is 9.52. The number of hydrogen-bond donors (Lipinski definition) is 2. The zero-order valence-electron chi connectivity index (χ0n) is 11.9. The van der Waals surface area contributed by atoms with Crippen molar-refractivity contribution in [2.75, 3.05) is 36.8 Å². The molecule has 1 aliphatic heterocycles. The molecular weight excluding hydrogens is 264 g/mol. The van der Waals surface area contributed by atoms with E-state index in [1.54, 1.807) is 18.5 Å². The smallest absolute Gasteiger partial charge is 0.115 e. The Morgan fingerprint density at radius 2 is 1.95 bits per heavy atom. The summed E-state index contributed by atoms with van der Waals surface area (Å²) in [5.74, 6) is 0.329. The second kappa shape index (κ2) is 6.01. The van der Waals surface area contributed by atoms with Gasteiger partial charge in [0.1, 0.15) is 5.75 Å². The first-order valence-electron chi connectivity index (χ1n) is 7.17. The number of rotatable bonds is 3. The second-order valence-electron chi connectivity index (χ2n) is 5.37. The minimum atomic E-state index is 0.329. The number of nitrogens with zero attached hydrogens (tertiary/aromatic N) is 3. The predicted molar refractivity (Wildman–Crippen MR) is 84.2 cm³/mol. The van der Waals surface area contributed by atoms with Crippen LogP contribution in [0.3, 0.4) is 0 Å². The Morgan fingerprint density at radius 3 is 2.67 bits per heavy atom. The molecular formula is C16H20N4O. The van der Waals surface area contributed by atoms with E-state index >= 15 is 0 Å². The van der Waals surface area contributed by atoms with Crippen LogP contribution in [0.25, 0.3) is 0 Å². The van der Waals surface area contributed by atoms with E-state index in [0.717, 1.165) is 49.7 Å². The third-order valence-electron chi connectivity index (χ3n) is 3.86. The fraction of sp³-hybridized carbons (Fsp3) is 0.312. The third-order valence-corrected chi connectivity index (χ3v) is 3.86. The molecule has 1 aromatic carbocycles. The summed E-state index contributed by atoms with van der Waals surface area (Å²) >= 11 is 0. The van der Waals surface area contributed by atoms with Crippen LogP contribution in [0.15, 0.2) is 42.7 Å². The van der Waals surface area contributed by atoms with Gasteiger partial charge in [0.05, 0.1) is 17.6 Å². The van der Waals surface area contributed by atoms with Crippen LogP contribution in [0.1, 0.15) is 5.56 Å². The molecule has 1 aromatic heterocycles. The van der Waals surface area contributed by atoms with Crippen LogP contribution in [-0.2, 0) is 6.54 Å². The molecule has 0 aliphatic carbocycles. The van der Waals surface area contributed by atoms with Gasteiger partial charge in [0.25, 0.3) is 0 Å². The van der Waals surface area contributed by atoms with Crippen molar-refractivity contribution < 1.29 is 5.11 Å². The monoisotopic (exact) mass is 284 g/mol. The van der Waals surface area contributed by atoms with E-state index in [0.29, 0.717) is 5.75 Å². The standard InChI is InChI=1S/C16H20N4O/c17-15-11-18-5-4-16(15)20-8-6-19(7-9-20)12-13-2-1-3-14(21)10-13/h1-5,10-11,21H,6-9,12,17H2. The van der Waals surface area contributed by atoms with E-state index in [2.05, 4.69) is 14.8 Å². The van der Waals surface area contributed by atoms with E-state index in [9.17, 15) is 5.11 Å². The summed E-state index contributed by atoms with van der Waals surface area (Å²) in [6, 6.07) is 9.44. The van der Waals surface area contributed by atoms with E-state index in [-0.39, 0.29) is 0 Å². The van der Waals surface area contributed by atoms with E-state index in [1.807, 2.05) is 24.3 Å². The molecule has 3 rings (SSSR count). The number of aromatic hydroxyl groups is 1. The predicted octanol–water partition coefficient (Wildman–Crippen LogP) is 1.69. The minimum absolute atomic E-state index is 0.329. The highest BCUT2D eigenvalue weighted by Gasteiger charge is 2.18. The number of aromatic nitrogens is 1. The van der Waals surface area contributed by atoms with Crippen molar-refractivity contribution in [3.8, 4) is 5.75 Å². The van der Waals surface area contributed by atoms with E-state index in [4.69, 9.17) is 5.73 Å². The molecule has 5 heteroatoms. The van der Waals surface area contributed by atoms with Crippen molar-refractivity contribution in [3.05, 3.63) is 48.3 Å². The molecule has 0 radical (unpaired) electrons. The lowest BCUT2D eigenvalue weighted by atomic mass is 10.2. The number of benzene rings is 1. The Bertz CT molecular complexity index is 609. The largest absolute Gasteiger partial charge is 0.508 e. The molecule has 110 valence electrons. The number of nitrogens with two attached hydrogens (primary N) is 1. The summed E-state index contributed by atoms with van der Waals surface area (Å²) in [6.45, 7) is 4.74. The van der Waals surface area contributed by atoms with Crippen LogP contribution in [0.5, 0.6) is 5.75 Å². The number of pyridine rings is 1. The summed E-state index contributed by atoms with van der Waals surface area (Å²) < 4.78 is 0. The Hall–Kier alpha value is -2.27. The van der Waals surface area contributed by atoms with Crippen molar-refractivity contribution in [2.24, 2.45) is 0 Å². The van der Waals surface area contributed by atoms with Gasteiger partial charge in [-0.15, -0.1) is 0 Å². The highest BCUT2D eigenvalue weighted by Crippen LogP contribution is 2.23. The average Bonchev–Trinajstić information content (AvgIpc) is 2.49. The van der Waals surface area contributed by atoms with Gasteiger partial charge >= 0.3 is 0 Å². The summed E-state index contributed by atoms with van der Waals surface area (Å²) in [4.78, 5) is 8.73. The molecule has 2 aromatic rings. The number of phenolic OH excluding ortho intramolecular Hbond substituents is 1. The highest BCUT2D eigenvalue weighted by molar-refractivity contribution is 5.66. The molecule has 1 saturated heterocycles.